The molecule has 3 aromatic carbocycles. The maximum absolute atomic E-state index is 15.8. The summed E-state index contributed by atoms with van der Waals surface area (Å²) in [6.07, 6.45) is 0.169. The largest absolute Gasteiger partial charge is 0.494 e. The van der Waals surface area contributed by atoms with Gasteiger partial charge in [-0.15, -0.1) is 0 Å². The van der Waals surface area contributed by atoms with Crippen molar-refractivity contribution in [1.82, 2.24) is 14.0 Å². The molecule has 0 fully saturated rings. The molecule has 0 saturated carbocycles. The fourth-order valence-corrected chi connectivity index (χ4v) is 5.91. The van der Waals surface area contributed by atoms with E-state index in [2.05, 4.69) is 0 Å². The number of carboxylic acids is 2. The van der Waals surface area contributed by atoms with Crippen molar-refractivity contribution >= 4 is 11.9 Å². The molecule has 10 nitrogen and oxygen atoms in total. The number of aromatic nitrogens is 2. The summed E-state index contributed by atoms with van der Waals surface area (Å²) in [5.41, 5.74) is -0.0809. The molecular weight excluding hydrogens is 624 g/mol. The summed E-state index contributed by atoms with van der Waals surface area (Å²) in [5, 5.41) is 18.6. The van der Waals surface area contributed by atoms with E-state index in [0.29, 0.717) is 11.1 Å². The van der Waals surface area contributed by atoms with Gasteiger partial charge in [-0.3, -0.25) is 28.4 Å². The summed E-state index contributed by atoms with van der Waals surface area (Å²) in [4.78, 5) is 53.3. The van der Waals surface area contributed by atoms with Crippen molar-refractivity contribution in [2.24, 2.45) is 0 Å². The zero-order valence-corrected chi connectivity index (χ0v) is 27.1. The Balaban J connectivity index is 1.96. The first-order valence-corrected chi connectivity index (χ1v) is 15.6. The number of rotatable bonds is 16. The topological polar surface area (TPSA) is 131 Å². The van der Waals surface area contributed by atoms with Crippen LogP contribution in [-0.4, -0.2) is 56.4 Å². The smallest absolute Gasteiger partial charge is 0.331 e. The maximum atomic E-state index is 15.8. The number of halogens is 2. The highest BCUT2D eigenvalue weighted by Gasteiger charge is 2.27. The molecule has 0 radical (unpaired) electrons. The molecule has 0 aliphatic carbocycles. The standard InChI is InChI=1S/C36H39F2N3O7/c1-23-11-7-15-28(37)27(23)21-40-24(2)33(26-14-8-16-30(48-3)34(26)38)35(46)41(36(40)47)22-29(25-12-5-4-6-13-25)39(19-9-17-31(42)43)20-10-18-32(44)45/h4-8,11-16,29H,9-10,17-22H2,1-3H3,(H,42,43)(H,44,45)/t29-/m0/s1. The number of aliphatic carboxylic acids is 2. The predicted molar refractivity (Wildman–Crippen MR) is 176 cm³/mol. The van der Waals surface area contributed by atoms with Gasteiger partial charge in [0.05, 0.1) is 31.8 Å². The fourth-order valence-electron chi connectivity index (χ4n) is 5.91. The van der Waals surface area contributed by atoms with Crippen LogP contribution < -0.4 is 16.0 Å². The summed E-state index contributed by atoms with van der Waals surface area (Å²) in [6, 6.07) is 17.1. The predicted octanol–water partition coefficient (Wildman–Crippen LogP) is 5.40. The molecule has 4 aromatic rings. The first kappa shape index (κ1) is 35.7. The van der Waals surface area contributed by atoms with E-state index >= 15 is 8.78 Å². The lowest BCUT2D eigenvalue weighted by Gasteiger charge is -2.33. The van der Waals surface area contributed by atoms with Gasteiger partial charge in [-0.25, -0.2) is 13.6 Å². The Morgan fingerprint density at radius 3 is 2.06 bits per heavy atom. The van der Waals surface area contributed by atoms with Crippen molar-refractivity contribution in [3.8, 4) is 16.9 Å². The Bertz CT molecular complexity index is 1850. The van der Waals surface area contributed by atoms with E-state index < -0.39 is 40.9 Å². The van der Waals surface area contributed by atoms with Crippen molar-refractivity contribution in [2.75, 3.05) is 20.2 Å². The second kappa shape index (κ2) is 16.1. The summed E-state index contributed by atoms with van der Waals surface area (Å²) in [7, 11) is 1.29. The molecule has 0 saturated heterocycles. The van der Waals surface area contributed by atoms with E-state index in [1.165, 1.54) is 42.9 Å². The lowest BCUT2D eigenvalue weighted by atomic mass is 10.0. The van der Waals surface area contributed by atoms with E-state index in [9.17, 15) is 29.4 Å². The van der Waals surface area contributed by atoms with E-state index in [-0.39, 0.29) is 80.0 Å². The Labute approximate surface area is 276 Å². The first-order chi connectivity index (χ1) is 22.9. The van der Waals surface area contributed by atoms with Gasteiger partial charge < -0.3 is 14.9 Å². The molecule has 0 aliphatic heterocycles. The summed E-state index contributed by atoms with van der Waals surface area (Å²) in [6.45, 7) is 3.19. The lowest BCUT2D eigenvalue weighted by molar-refractivity contribution is -0.138. The van der Waals surface area contributed by atoms with Gasteiger partial charge in [-0.2, -0.15) is 0 Å². The monoisotopic (exact) mass is 663 g/mol. The molecule has 0 amide bonds. The number of ether oxygens (including phenoxy) is 1. The number of carboxylic acid groups (broad SMARTS) is 2. The molecule has 1 aromatic heterocycles. The SMILES string of the molecule is COc1cccc(-c2c(C)n(Cc3c(C)cccc3F)c(=O)n(C[C@@H](c3ccccc3)N(CCCC(=O)O)CCCC(=O)O)c2=O)c1F. The second-order valence-electron chi connectivity index (χ2n) is 11.6. The van der Waals surface area contributed by atoms with Crippen molar-refractivity contribution in [1.29, 1.82) is 0 Å². The molecule has 2 N–H and O–H groups in total. The van der Waals surface area contributed by atoms with Gasteiger partial charge in [0.2, 0.25) is 0 Å². The van der Waals surface area contributed by atoms with Crippen molar-refractivity contribution in [3.63, 3.8) is 0 Å². The van der Waals surface area contributed by atoms with Gasteiger partial charge in [0.1, 0.15) is 5.82 Å². The van der Waals surface area contributed by atoms with Gasteiger partial charge in [0.15, 0.2) is 11.6 Å². The molecule has 0 bridgehead atoms. The molecule has 254 valence electrons. The highest BCUT2D eigenvalue weighted by atomic mass is 19.1. The molecule has 0 aliphatic rings. The highest BCUT2D eigenvalue weighted by Crippen LogP contribution is 2.30. The highest BCUT2D eigenvalue weighted by molar-refractivity contribution is 5.68. The van der Waals surface area contributed by atoms with E-state index in [4.69, 9.17) is 4.74 Å². The van der Waals surface area contributed by atoms with Crippen LogP contribution in [0.2, 0.25) is 0 Å². The molecule has 12 heteroatoms. The third-order valence-electron chi connectivity index (χ3n) is 8.46. The minimum absolute atomic E-state index is 0.0966. The summed E-state index contributed by atoms with van der Waals surface area (Å²) in [5.74, 6) is -3.45. The number of methoxy groups -OCH3 is 1. The third kappa shape index (κ3) is 8.24. The van der Waals surface area contributed by atoms with Crippen LogP contribution in [0.3, 0.4) is 0 Å². The molecular formula is C36H39F2N3O7. The van der Waals surface area contributed by atoms with Gasteiger partial charge in [-0.1, -0.05) is 54.6 Å². The Hall–Kier alpha value is -5.10. The molecule has 0 unspecified atom stereocenters. The minimum atomic E-state index is -0.997. The second-order valence-corrected chi connectivity index (χ2v) is 11.6. The number of nitrogens with zero attached hydrogens (tertiary/aromatic N) is 3. The molecule has 48 heavy (non-hydrogen) atoms. The minimum Gasteiger partial charge on any atom is -0.494 e. The maximum Gasteiger partial charge on any atom is 0.331 e. The number of hydrogen-bond donors (Lipinski definition) is 2. The van der Waals surface area contributed by atoms with Crippen LogP contribution in [0.25, 0.3) is 11.1 Å². The van der Waals surface area contributed by atoms with Crippen LogP contribution >= 0.6 is 0 Å². The van der Waals surface area contributed by atoms with Crippen LogP contribution in [0, 0.1) is 25.5 Å². The van der Waals surface area contributed by atoms with Crippen molar-refractivity contribution in [2.45, 2.75) is 58.7 Å². The van der Waals surface area contributed by atoms with Gasteiger partial charge in [0, 0.05) is 29.7 Å². The molecule has 0 spiro atoms. The number of benzene rings is 3. The van der Waals surface area contributed by atoms with Crippen molar-refractivity contribution in [3.05, 3.63) is 122 Å². The fraction of sp³-hybridized carbons (Fsp3) is 0.333. The van der Waals surface area contributed by atoms with Gasteiger partial charge in [-0.05, 0) is 63.0 Å². The molecule has 4 rings (SSSR count). The molecule has 1 atom stereocenters. The Kier molecular flexibility index (Phi) is 12.0. The quantitative estimate of drug-likeness (QED) is 0.163. The van der Waals surface area contributed by atoms with Crippen LogP contribution in [0.4, 0.5) is 8.78 Å². The van der Waals surface area contributed by atoms with Crippen LogP contribution in [0.15, 0.2) is 76.3 Å². The first-order valence-electron chi connectivity index (χ1n) is 15.6. The number of aryl methyl sites for hydroxylation is 1. The van der Waals surface area contributed by atoms with Gasteiger partial charge >= 0.3 is 17.6 Å². The van der Waals surface area contributed by atoms with E-state index in [1.807, 2.05) is 4.90 Å². The zero-order valence-electron chi connectivity index (χ0n) is 27.1. The van der Waals surface area contributed by atoms with Gasteiger partial charge in [0.25, 0.3) is 5.56 Å². The average molecular weight is 664 g/mol. The van der Waals surface area contributed by atoms with Crippen LogP contribution in [-0.2, 0) is 22.7 Å². The van der Waals surface area contributed by atoms with Crippen LogP contribution in [0.1, 0.15) is 54.1 Å². The average Bonchev–Trinajstić information content (AvgIpc) is 3.04. The summed E-state index contributed by atoms with van der Waals surface area (Å²) >= 11 is 0. The van der Waals surface area contributed by atoms with Crippen molar-refractivity contribution < 1.29 is 33.3 Å². The molecule has 1 heterocycles. The normalized spacial score (nSPS) is 11.9. The van der Waals surface area contributed by atoms with E-state index in [0.717, 1.165) is 4.57 Å². The van der Waals surface area contributed by atoms with E-state index in [1.54, 1.807) is 49.4 Å². The lowest BCUT2D eigenvalue weighted by Crippen LogP contribution is -2.46. The van der Waals surface area contributed by atoms with Crippen LogP contribution in [0.5, 0.6) is 5.75 Å². The Morgan fingerprint density at radius 2 is 1.48 bits per heavy atom. The number of carbonyl (C=O) groups is 2. The number of hydrogen-bond acceptors (Lipinski definition) is 6. The zero-order chi connectivity index (χ0) is 35.0. The Morgan fingerprint density at radius 1 is 0.854 bits per heavy atom. The summed E-state index contributed by atoms with van der Waals surface area (Å²) < 4.78 is 38.3. The third-order valence-corrected chi connectivity index (χ3v) is 8.46.